The molecule has 1 fully saturated rings. The van der Waals surface area contributed by atoms with Crippen LogP contribution in [0.5, 0.6) is 0 Å². The molecule has 43 heavy (non-hydrogen) atoms. The molecule has 1 atom stereocenters. The first-order valence-corrected chi connectivity index (χ1v) is 14.0. The van der Waals surface area contributed by atoms with Gasteiger partial charge in [-0.3, -0.25) is 14.0 Å². The fourth-order valence-electron chi connectivity index (χ4n) is 5.19. The lowest BCUT2D eigenvalue weighted by atomic mass is 10.1. The van der Waals surface area contributed by atoms with Crippen molar-refractivity contribution >= 4 is 40.2 Å². The molecule has 1 aromatic carbocycles. The van der Waals surface area contributed by atoms with E-state index in [4.69, 9.17) is 30.6 Å². The molecule has 0 radical (unpaired) electrons. The second-order valence-corrected chi connectivity index (χ2v) is 10.3. The Balaban J connectivity index is 1.67. The Morgan fingerprint density at radius 3 is 2.81 bits per heavy atom. The number of benzene rings is 1. The molecule has 5 heterocycles. The van der Waals surface area contributed by atoms with Crippen molar-refractivity contribution in [1.29, 1.82) is 0 Å². The second kappa shape index (κ2) is 11.5. The van der Waals surface area contributed by atoms with Gasteiger partial charge in [0.15, 0.2) is 5.49 Å². The van der Waals surface area contributed by atoms with Gasteiger partial charge in [0.2, 0.25) is 0 Å². The zero-order valence-electron chi connectivity index (χ0n) is 23.2. The van der Waals surface area contributed by atoms with Crippen LogP contribution in [0.4, 0.5) is 4.39 Å². The standard InChI is InChI=1S/C30H25ClFN5O6/c1-3-41-30(40)19-14-18-26(33-22-11-4-5-12-36(22)29(18)39)37(15-17-8-7-13-42-17)27(19)34-28(38)23-16(2)43-35-25(23)24-20(31)9-6-10-21(24)32/h4-6,9-12,14,17H,3,7-8,13,15H2,1-2H3. The van der Waals surface area contributed by atoms with Crippen LogP contribution in [-0.4, -0.2) is 50.3 Å². The number of fused-ring (bicyclic) bond motifs is 2. The number of carbonyl (C=O) groups excluding carboxylic acids is 2. The third kappa shape index (κ3) is 5.12. The van der Waals surface area contributed by atoms with Gasteiger partial charge in [0.1, 0.15) is 39.7 Å². The number of hydrogen-bond acceptors (Lipinski definition) is 8. The highest BCUT2D eigenvalue weighted by molar-refractivity contribution is 6.33. The minimum absolute atomic E-state index is 0.0188. The fourth-order valence-corrected chi connectivity index (χ4v) is 5.45. The van der Waals surface area contributed by atoms with Crippen molar-refractivity contribution in [3.8, 4) is 11.3 Å². The number of rotatable bonds is 6. The van der Waals surface area contributed by atoms with Crippen molar-refractivity contribution < 1.29 is 28.0 Å². The molecule has 6 rings (SSSR count). The molecule has 0 saturated carbocycles. The van der Waals surface area contributed by atoms with Crippen molar-refractivity contribution in [2.45, 2.75) is 39.3 Å². The number of esters is 1. The van der Waals surface area contributed by atoms with Gasteiger partial charge in [0.05, 0.1) is 35.2 Å². The number of aromatic nitrogens is 4. The summed E-state index contributed by atoms with van der Waals surface area (Å²) in [7, 11) is 0. The zero-order valence-corrected chi connectivity index (χ0v) is 23.9. The number of amides is 1. The summed E-state index contributed by atoms with van der Waals surface area (Å²) in [6.07, 6.45) is 2.80. The van der Waals surface area contributed by atoms with E-state index >= 15 is 0 Å². The van der Waals surface area contributed by atoms with Crippen molar-refractivity contribution in [1.82, 2.24) is 19.1 Å². The molecule has 0 N–H and O–H groups in total. The Morgan fingerprint density at radius 1 is 1.23 bits per heavy atom. The van der Waals surface area contributed by atoms with Crippen LogP contribution in [0.1, 0.15) is 46.2 Å². The van der Waals surface area contributed by atoms with Crippen molar-refractivity contribution in [3.05, 3.63) is 92.2 Å². The Morgan fingerprint density at radius 2 is 2.07 bits per heavy atom. The van der Waals surface area contributed by atoms with Crippen LogP contribution in [0.15, 0.2) is 63.0 Å². The fraction of sp³-hybridized carbons (Fsp3) is 0.267. The highest BCUT2D eigenvalue weighted by atomic mass is 35.5. The van der Waals surface area contributed by atoms with E-state index in [0.717, 1.165) is 6.42 Å². The Labute approximate surface area is 248 Å². The van der Waals surface area contributed by atoms with E-state index in [0.29, 0.717) is 18.7 Å². The van der Waals surface area contributed by atoms with E-state index in [-0.39, 0.29) is 68.9 Å². The van der Waals surface area contributed by atoms with E-state index in [2.05, 4.69) is 10.1 Å². The first kappa shape index (κ1) is 28.4. The minimum atomic E-state index is -0.878. The summed E-state index contributed by atoms with van der Waals surface area (Å²) in [5, 5.41) is 4.04. The largest absolute Gasteiger partial charge is 0.462 e. The van der Waals surface area contributed by atoms with Crippen LogP contribution in [0.3, 0.4) is 0 Å². The molecule has 1 aliphatic heterocycles. The summed E-state index contributed by atoms with van der Waals surface area (Å²) in [5.74, 6) is -2.32. The van der Waals surface area contributed by atoms with E-state index in [9.17, 15) is 18.8 Å². The maximum absolute atomic E-state index is 14.9. The molecule has 1 amide bonds. The number of pyridine rings is 2. The number of ether oxygens (including phenoxy) is 2. The lowest BCUT2D eigenvalue weighted by molar-refractivity contribution is 0.0521. The number of aryl methyl sites for hydroxylation is 1. The topological polar surface area (TPSA) is 130 Å². The molecule has 0 bridgehead atoms. The first-order chi connectivity index (χ1) is 20.8. The first-order valence-electron chi connectivity index (χ1n) is 13.6. The third-order valence-electron chi connectivity index (χ3n) is 7.18. The molecule has 5 aromatic rings. The molecule has 13 heteroatoms. The monoisotopic (exact) mass is 605 g/mol. The molecule has 0 aliphatic carbocycles. The molecule has 1 unspecified atom stereocenters. The average Bonchev–Trinajstić information content (AvgIpc) is 3.64. The summed E-state index contributed by atoms with van der Waals surface area (Å²) in [4.78, 5) is 49.9. The van der Waals surface area contributed by atoms with Gasteiger partial charge in [0.25, 0.3) is 11.5 Å². The smallest absolute Gasteiger partial charge is 0.341 e. The molecule has 11 nitrogen and oxygen atoms in total. The maximum Gasteiger partial charge on any atom is 0.341 e. The molecular weight excluding hydrogens is 581 g/mol. The minimum Gasteiger partial charge on any atom is -0.462 e. The predicted octanol–water partition coefficient (Wildman–Crippen LogP) is 4.50. The van der Waals surface area contributed by atoms with Gasteiger partial charge in [-0.2, -0.15) is 4.99 Å². The van der Waals surface area contributed by atoms with E-state index < -0.39 is 23.3 Å². The maximum atomic E-state index is 14.9. The Bertz CT molecular complexity index is 2020. The molecule has 220 valence electrons. The molecule has 1 saturated heterocycles. The Kier molecular flexibility index (Phi) is 7.63. The van der Waals surface area contributed by atoms with Gasteiger partial charge < -0.3 is 18.6 Å². The van der Waals surface area contributed by atoms with Crippen LogP contribution in [-0.2, 0) is 16.0 Å². The van der Waals surface area contributed by atoms with Crippen LogP contribution in [0.25, 0.3) is 27.9 Å². The van der Waals surface area contributed by atoms with Gasteiger partial charge in [-0.15, -0.1) is 0 Å². The van der Waals surface area contributed by atoms with Gasteiger partial charge >= 0.3 is 5.97 Å². The average molecular weight is 606 g/mol. The number of hydrogen-bond donors (Lipinski definition) is 0. The number of carbonyl (C=O) groups is 2. The Hall–Kier alpha value is -4.68. The van der Waals surface area contributed by atoms with Gasteiger partial charge in [-0.25, -0.2) is 14.2 Å². The van der Waals surface area contributed by atoms with Crippen molar-refractivity contribution in [2.75, 3.05) is 13.2 Å². The zero-order chi connectivity index (χ0) is 30.2. The molecule has 1 aliphatic rings. The third-order valence-corrected chi connectivity index (χ3v) is 7.49. The normalized spacial score (nSPS) is 15.4. The summed E-state index contributed by atoms with van der Waals surface area (Å²) < 4.78 is 34.2. The predicted molar refractivity (Wildman–Crippen MR) is 153 cm³/mol. The van der Waals surface area contributed by atoms with Crippen LogP contribution < -0.4 is 11.0 Å². The van der Waals surface area contributed by atoms with Crippen molar-refractivity contribution in [3.63, 3.8) is 0 Å². The quantitative estimate of drug-likeness (QED) is 0.204. The summed E-state index contributed by atoms with van der Waals surface area (Å²) >= 11 is 6.28. The van der Waals surface area contributed by atoms with Crippen LogP contribution in [0.2, 0.25) is 5.02 Å². The lowest BCUT2D eigenvalue weighted by Gasteiger charge is -2.18. The highest BCUT2D eigenvalue weighted by Crippen LogP contribution is 2.33. The SMILES string of the molecule is CCOC(=O)c1cc2c(=O)n3ccccc3nc2n(CC2CCCO2)c1=NC(=O)c1c(-c2c(F)cccc2Cl)noc1C. The highest BCUT2D eigenvalue weighted by Gasteiger charge is 2.28. The second-order valence-electron chi connectivity index (χ2n) is 9.91. The lowest BCUT2D eigenvalue weighted by Crippen LogP contribution is -2.35. The van der Waals surface area contributed by atoms with Crippen molar-refractivity contribution in [2.24, 2.45) is 4.99 Å². The summed E-state index contributed by atoms with van der Waals surface area (Å²) in [6.45, 7) is 3.83. The number of halogens is 2. The van der Waals surface area contributed by atoms with E-state index in [1.165, 1.54) is 40.2 Å². The molecule has 0 spiro atoms. The van der Waals surface area contributed by atoms with E-state index in [1.54, 1.807) is 31.3 Å². The van der Waals surface area contributed by atoms with Gasteiger partial charge in [-0.1, -0.05) is 28.9 Å². The molecular formula is C30H25ClFN5O6. The summed E-state index contributed by atoms with van der Waals surface area (Å²) in [6, 6.07) is 10.5. The number of nitrogens with zero attached hydrogens (tertiary/aromatic N) is 5. The van der Waals surface area contributed by atoms with Crippen LogP contribution >= 0.6 is 11.6 Å². The van der Waals surface area contributed by atoms with Crippen LogP contribution in [0, 0.1) is 12.7 Å². The van der Waals surface area contributed by atoms with Gasteiger partial charge in [-0.05, 0) is 57.0 Å². The molecule has 4 aromatic heterocycles. The van der Waals surface area contributed by atoms with Gasteiger partial charge in [0, 0.05) is 12.8 Å². The summed E-state index contributed by atoms with van der Waals surface area (Å²) in [5.41, 5.74) is -0.509. The van der Waals surface area contributed by atoms with E-state index in [1.807, 2.05) is 0 Å².